The van der Waals surface area contributed by atoms with E-state index >= 15 is 0 Å². The van der Waals surface area contributed by atoms with E-state index in [1.165, 1.54) is 18.2 Å². The SMILES string of the molecule is O=C(O)NCC(=O)Nc1cccc2c1C(=O)N(C1CCC(=O)NC1=O)C2=O. The van der Waals surface area contributed by atoms with Gasteiger partial charge in [-0.05, 0) is 18.6 Å². The fraction of sp³-hybridized carbons (Fsp3) is 0.250. The summed E-state index contributed by atoms with van der Waals surface area (Å²) in [7, 11) is 0. The minimum Gasteiger partial charge on any atom is -0.465 e. The van der Waals surface area contributed by atoms with Crippen molar-refractivity contribution in [1.82, 2.24) is 15.5 Å². The summed E-state index contributed by atoms with van der Waals surface area (Å²) in [5, 5.41) is 14.9. The van der Waals surface area contributed by atoms with Crippen molar-refractivity contribution in [2.45, 2.75) is 18.9 Å². The number of carboxylic acid groups (broad SMARTS) is 1. The van der Waals surface area contributed by atoms with E-state index in [0.29, 0.717) is 0 Å². The van der Waals surface area contributed by atoms with Crippen molar-refractivity contribution < 1.29 is 33.9 Å². The Kier molecular flexibility index (Phi) is 4.59. The van der Waals surface area contributed by atoms with E-state index in [2.05, 4.69) is 10.6 Å². The van der Waals surface area contributed by atoms with Gasteiger partial charge < -0.3 is 15.7 Å². The number of fused-ring (bicyclic) bond motifs is 1. The van der Waals surface area contributed by atoms with Gasteiger partial charge in [0.2, 0.25) is 17.7 Å². The Labute approximate surface area is 151 Å². The summed E-state index contributed by atoms with van der Waals surface area (Å²) in [4.78, 5) is 71.8. The maximum Gasteiger partial charge on any atom is 0.405 e. The first-order valence-electron chi connectivity index (χ1n) is 7.91. The molecule has 1 atom stereocenters. The highest BCUT2D eigenvalue weighted by atomic mass is 16.4. The number of imide groups is 2. The smallest absolute Gasteiger partial charge is 0.405 e. The average Bonchev–Trinajstić information content (AvgIpc) is 2.86. The third-order valence-electron chi connectivity index (χ3n) is 4.14. The van der Waals surface area contributed by atoms with Crippen molar-refractivity contribution in [1.29, 1.82) is 0 Å². The number of anilines is 1. The molecule has 11 nitrogen and oxygen atoms in total. The van der Waals surface area contributed by atoms with Crippen molar-refractivity contribution in [3.63, 3.8) is 0 Å². The molecule has 11 heteroatoms. The zero-order valence-electron chi connectivity index (χ0n) is 13.8. The Bertz CT molecular complexity index is 895. The third-order valence-corrected chi connectivity index (χ3v) is 4.14. The maximum atomic E-state index is 12.8. The van der Waals surface area contributed by atoms with Crippen molar-refractivity contribution in [3.8, 4) is 0 Å². The van der Waals surface area contributed by atoms with Gasteiger partial charge in [-0.1, -0.05) is 6.07 Å². The van der Waals surface area contributed by atoms with Crippen molar-refractivity contribution in [2.24, 2.45) is 0 Å². The number of nitrogens with zero attached hydrogens (tertiary/aromatic N) is 1. The molecule has 2 heterocycles. The summed E-state index contributed by atoms with van der Waals surface area (Å²) in [6.45, 7) is -0.544. The lowest BCUT2D eigenvalue weighted by atomic mass is 10.0. The van der Waals surface area contributed by atoms with Crippen LogP contribution >= 0.6 is 0 Å². The van der Waals surface area contributed by atoms with E-state index in [0.717, 1.165) is 4.90 Å². The Balaban J connectivity index is 1.86. The summed E-state index contributed by atoms with van der Waals surface area (Å²) in [5.74, 6) is -3.43. The van der Waals surface area contributed by atoms with Crippen LogP contribution in [0.25, 0.3) is 0 Å². The first-order chi connectivity index (χ1) is 12.8. The van der Waals surface area contributed by atoms with Gasteiger partial charge in [-0.15, -0.1) is 0 Å². The first-order valence-corrected chi connectivity index (χ1v) is 7.91. The van der Waals surface area contributed by atoms with Crippen LogP contribution in [0.4, 0.5) is 10.5 Å². The van der Waals surface area contributed by atoms with Gasteiger partial charge >= 0.3 is 6.09 Å². The highest BCUT2D eigenvalue weighted by molar-refractivity contribution is 6.26. The maximum absolute atomic E-state index is 12.8. The molecule has 4 N–H and O–H groups in total. The monoisotopic (exact) mass is 374 g/mol. The molecule has 1 aromatic rings. The molecule has 1 fully saturated rings. The van der Waals surface area contributed by atoms with Crippen LogP contribution < -0.4 is 16.0 Å². The van der Waals surface area contributed by atoms with Gasteiger partial charge in [-0.3, -0.25) is 34.2 Å². The molecular formula is C16H14N4O7. The number of benzene rings is 1. The van der Waals surface area contributed by atoms with Crippen LogP contribution in [0.5, 0.6) is 0 Å². The number of carbonyl (C=O) groups excluding carboxylic acids is 5. The number of hydrogen-bond donors (Lipinski definition) is 4. The van der Waals surface area contributed by atoms with Crippen molar-refractivity contribution in [2.75, 3.05) is 11.9 Å². The normalized spacial score (nSPS) is 18.8. The summed E-state index contributed by atoms with van der Waals surface area (Å²) < 4.78 is 0. The van der Waals surface area contributed by atoms with E-state index in [1.807, 2.05) is 5.32 Å². The molecule has 0 spiro atoms. The molecule has 2 aliphatic rings. The molecule has 2 aliphatic heterocycles. The van der Waals surface area contributed by atoms with Crippen LogP contribution in [0.15, 0.2) is 18.2 Å². The Morgan fingerprint density at radius 2 is 1.93 bits per heavy atom. The lowest BCUT2D eigenvalue weighted by molar-refractivity contribution is -0.136. The highest BCUT2D eigenvalue weighted by Gasteiger charge is 2.45. The molecule has 1 unspecified atom stereocenters. The highest BCUT2D eigenvalue weighted by Crippen LogP contribution is 2.32. The van der Waals surface area contributed by atoms with Gasteiger partial charge in [-0.2, -0.15) is 0 Å². The molecule has 0 aliphatic carbocycles. The standard InChI is InChI=1S/C16H14N4O7/c21-10-5-4-9(13(23)19-10)20-14(24)7-2-1-3-8(12(7)15(20)25)18-11(22)6-17-16(26)27/h1-3,9,17H,4-6H2,(H,18,22)(H,26,27)(H,19,21,23). The summed E-state index contributed by atoms with van der Waals surface area (Å²) in [6.07, 6.45) is -1.38. The summed E-state index contributed by atoms with van der Waals surface area (Å²) >= 11 is 0. The molecule has 6 amide bonds. The summed E-state index contributed by atoms with van der Waals surface area (Å²) in [6, 6.07) is 3.09. The van der Waals surface area contributed by atoms with Crippen LogP contribution in [0.1, 0.15) is 33.6 Å². The zero-order chi connectivity index (χ0) is 19.7. The molecule has 3 rings (SSSR count). The van der Waals surface area contributed by atoms with Gasteiger partial charge in [0.25, 0.3) is 11.8 Å². The lowest BCUT2D eigenvalue weighted by Crippen LogP contribution is -2.54. The number of rotatable bonds is 4. The van der Waals surface area contributed by atoms with Crippen LogP contribution in [0, 0.1) is 0 Å². The Morgan fingerprint density at radius 1 is 1.19 bits per heavy atom. The number of piperidine rings is 1. The lowest BCUT2D eigenvalue weighted by Gasteiger charge is -2.27. The number of hydrogen-bond acceptors (Lipinski definition) is 6. The van der Waals surface area contributed by atoms with Gasteiger partial charge in [0, 0.05) is 6.42 Å². The molecule has 0 saturated carbocycles. The molecule has 0 bridgehead atoms. The van der Waals surface area contributed by atoms with E-state index < -0.39 is 48.2 Å². The quantitative estimate of drug-likeness (QED) is 0.506. The Hall–Kier alpha value is -3.76. The van der Waals surface area contributed by atoms with Crippen LogP contribution in [0.2, 0.25) is 0 Å². The van der Waals surface area contributed by atoms with E-state index in [4.69, 9.17) is 5.11 Å². The molecular weight excluding hydrogens is 360 g/mol. The second kappa shape index (κ2) is 6.86. The van der Waals surface area contributed by atoms with Crippen molar-refractivity contribution in [3.05, 3.63) is 29.3 Å². The molecule has 0 aromatic heterocycles. The van der Waals surface area contributed by atoms with E-state index in [9.17, 15) is 28.8 Å². The predicted octanol–water partition coefficient (Wildman–Crippen LogP) is -0.706. The fourth-order valence-corrected chi connectivity index (χ4v) is 2.97. The first kappa shape index (κ1) is 18.0. The third kappa shape index (κ3) is 3.34. The second-order valence-corrected chi connectivity index (χ2v) is 5.88. The summed E-state index contributed by atoms with van der Waals surface area (Å²) in [5.41, 5.74) is -0.0533. The van der Waals surface area contributed by atoms with Crippen LogP contribution in [-0.2, 0) is 14.4 Å². The van der Waals surface area contributed by atoms with Crippen LogP contribution in [-0.4, -0.2) is 58.2 Å². The number of nitrogens with one attached hydrogen (secondary N) is 3. The van der Waals surface area contributed by atoms with Crippen LogP contribution in [0.3, 0.4) is 0 Å². The topological polar surface area (TPSA) is 162 Å². The molecule has 27 heavy (non-hydrogen) atoms. The molecule has 1 aromatic carbocycles. The Morgan fingerprint density at radius 3 is 2.59 bits per heavy atom. The number of amides is 6. The molecule has 0 radical (unpaired) electrons. The second-order valence-electron chi connectivity index (χ2n) is 5.88. The van der Waals surface area contributed by atoms with E-state index in [1.54, 1.807) is 0 Å². The van der Waals surface area contributed by atoms with E-state index in [-0.39, 0.29) is 29.7 Å². The molecule has 1 saturated heterocycles. The predicted molar refractivity (Wildman–Crippen MR) is 87.8 cm³/mol. The fourth-order valence-electron chi connectivity index (χ4n) is 2.97. The van der Waals surface area contributed by atoms with Gasteiger partial charge in [0.05, 0.1) is 16.8 Å². The number of carbonyl (C=O) groups is 6. The largest absolute Gasteiger partial charge is 0.465 e. The zero-order valence-corrected chi connectivity index (χ0v) is 13.8. The van der Waals surface area contributed by atoms with Gasteiger partial charge in [0.1, 0.15) is 12.6 Å². The minimum absolute atomic E-state index is 0.00569. The molecule has 140 valence electrons. The minimum atomic E-state index is -1.39. The van der Waals surface area contributed by atoms with Crippen molar-refractivity contribution >= 4 is 41.3 Å². The average molecular weight is 374 g/mol. The van der Waals surface area contributed by atoms with Gasteiger partial charge in [-0.25, -0.2) is 4.79 Å². The van der Waals surface area contributed by atoms with Gasteiger partial charge in [0.15, 0.2) is 0 Å².